The first-order valence-corrected chi connectivity index (χ1v) is 11.5. The average molecular weight is 505 g/mol. The second-order valence-corrected chi connectivity index (χ2v) is 8.40. The monoisotopic (exact) mass is 504 g/mol. The maximum absolute atomic E-state index is 12.9. The second-order valence-electron chi connectivity index (χ2n) is 7.68. The number of aromatic amines is 1. The highest BCUT2D eigenvalue weighted by Gasteiger charge is 2.44. The molecule has 8 nitrogen and oxygen atoms in total. The van der Waals surface area contributed by atoms with E-state index in [9.17, 15) is 22.8 Å². The van der Waals surface area contributed by atoms with Gasteiger partial charge in [0.15, 0.2) is 11.2 Å². The van der Waals surface area contributed by atoms with Crippen molar-refractivity contribution < 1.29 is 32.3 Å². The van der Waals surface area contributed by atoms with Gasteiger partial charge in [-0.15, -0.1) is 11.3 Å². The molecule has 2 heterocycles. The smallest absolute Gasteiger partial charge is 0.320 e. The third-order valence-electron chi connectivity index (χ3n) is 5.13. The van der Waals surface area contributed by atoms with Crippen molar-refractivity contribution in [2.24, 2.45) is 0 Å². The lowest BCUT2D eigenvalue weighted by Crippen LogP contribution is -2.51. The van der Waals surface area contributed by atoms with Crippen LogP contribution in [0.4, 0.5) is 23.7 Å². The maximum Gasteiger partial charge on any atom is 0.495 e. The SMILES string of the molecule is CCN(Cc1cccc(C)c1)C(=O)Nc1ccc2[nH]c(-c3cscn3)[n+](OC(=O)C(F)(F)F)c2c1. The Morgan fingerprint density at radius 3 is 2.69 bits per heavy atom. The van der Waals surface area contributed by atoms with Crippen LogP contribution in [0.3, 0.4) is 0 Å². The van der Waals surface area contributed by atoms with E-state index >= 15 is 0 Å². The molecule has 0 saturated heterocycles. The Morgan fingerprint density at radius 1 is 1.23 bits per heavy atom. The lowest BCUT2D eigenvalue weighted by atomic mass is 10.1. The highest BCUT2D eigenvalue weighted by atomic mass is 32.1. The molecule has 0 radical (unpaired) electrons. The van der Waals surface area contributed by atoms with Gasteiger partial charge in [-0.05, 0) is 36.3 Å². The lowest BCUT2D eigenvalue weighted by molar-refractivity contribution is -0.841. The average Bonchev–Trinajstić information content (AvgIpc) is 3.45. The van der Waals surface area contributed by atoms with Crippen LogP contribution in [0.2, 0.25) is 0 Å². The zero-order chi connectivity index (χ0) is 25.2. The first kappa shape index (κ1) is 24.2. The number of halogens is 3. The molecule has 2 aromatic carbocycles. The van der Waals surface area contributed by atoms with Crippen molar-refractivity contribution in [3.05, 3.63) is 64.5 Å². The molecular formula is C23H21F3N5O3S+. The highest BCUT2D eigenvalue weighted by molar-refractivity contribution is 7.07. The Morgan fingerprint density at radius 2 is 2.03 bits per heavy atom. The Balaban J connectivity index is 1.64. The van der Waals surface area contributed by atoms with E-state index in [0.29, 0.717) is 30.0 Å². The second kappa shape index (κ2) is 9.74. The normalized spacial score (nSPS) is 11.5. The number of urea groups is 1. The lowest BCUT2D eigenvalue weighted by Gasteiger charge is -2.21. The highest BCUT2D eigenvalue weighted by Crippen LogP contribution is 2.23. The maximum atomic E-state index is 12.9. The quantitative estimate of drug-likeness (QED) is 0.380. The van der Waals surface area contributed by atoms with Crippen molar-refractivity contribution in [2.75, 3.05) is 11.9 Å². The standard InChI is InChI=1S/C23H20F3N5O3S/c1-3-30(11-15-6-4-5-14(2)9-15)22(33)28-16-7-8-17-19(10-16)31(34-21(32)23(24,25)26)20(29-17)18-12-35-13-27-18/h4-10,12-13H,3,11H2,1-2H3,(H,28,33)/p+1. The van der Waals surface area contributed by atoms with Crippen LogP contribution in [0.15, 0.2) is 53.4 Å². The van der Waals surface area contributed by atoms with E-state index in [-0.39, 0.29) is 17.4 Å². The van der Waals surface area contributed by atoms with Gasteiger partial charge in [-0.1, -0.05) is 29.8 Å². The van der Waals surface area contributed by atoms with Crippen LogP contribution in [0.25, 0.3) is 22.6 Å². The van der Waals surface area contributed by atoms with Gasteiger partial charge >= 0.3 is 24.0 Å². The Kier molecular flexibility index (Phi) is 6.74. The van der Waals surface area contributed by atoms with Crippen LogP contribution in [-0.2, 0) is 11.3 Å². The topological polar surface area (TPSA) is 91.2 Å². The molecule has 4 rings (SSSR count). The minimum absolute atomic E-state index is 0.0527. The molecule has 0 atom stereocenters. The van der Waals surface area contributed by atoms with Crippen molar-refractivity contribution in [1.29, 1.82) is 0 Å². The number of nitrogens with one attached hydrogen (secondary N) is 2. The molecule has 0 saturated carbocycles. The summed E-state index contributed by atoms with van der Waals surface area (Å²) in [6.45, 7) is 4.62. The number of thiazole rings is 1. The van der Waals surface area contributed by atoms with Crippen molar-refractivity contribution >= 4 is 40.1 Å². The largest absolute Gasteiger partial charge is 0.495 e. The van der Waals surface area contributed by atoms with Crippen molar-refractivity contribution in [3.63, 3.8) is 0 Å². The number of benzene rings is 2. The number of amides is 2. The predicted molar refractivity (Wildman–Crippen MR) is 124 cm³/mol. The number of alkyl halides is 3. The first-order chi connectivity index (χ1) is 16.7. The van der Waals surface area contributed by atoms with Crippen LogP contribution in [0.5, 0.6) is 0 Å². The van der Waals surface area contributed by atoms with Gasteiger partial charge in [-0.25, -0.2) is 24.4 Å². The number of H-pyrrole nitrogens is 1. The van der Waals surface area contributed by atoms with E-state index in [4.69, 9.17) is 0 Å². The van der Waals surface area contributed by atoms with E-state index in [0.717, 1.165) is 15.9 Å². The summed E-state index contributed by atoms with van der Waals surface area (Å²) in [5.41, 5.74) is 4.64. The van der Waals surface area contributed by atoms with Crippen molar-refractivity contribution in [1.82, 2.24) is 14.9 Å². The Labute approximate surface area is 201 Å². The molecule has 35 heavy (non-hydrogen) atoms. The summed E-state index contributed by atoms with van der Waals surface area (Å²) in [7, 11) is 0. The van der Waals surface area contributed by atoms with E-state index in [2.05, 4.69) is 20.1 Å². The van der Waals surface area contributed by atoms with E-state index in [1.54, 1.807) is 22.4 Å². The summed E-state index contributed by atoms with van der Waals surface area (Å²) in [4.78, 5) is 37.8. The molecule has 0 aliphatic rings. The number of hydrogen-bond donors (Lipinski definition) is 2. The first-order valence-electron chi connectivity index (χ1n) is 10.5. The predicted octanol–water partition coefficient (Wildman–Crippen LogP) is 4.46. The number of hydrogen-bond acceptors (Lipinski definition) is 5. The van der Waals surface area contributed by atoms with Gasteiger partial charge in [0.25, 0.3) is 0 Å². The summed E-state index contributed by atoms with van der Waals surface area (Å²) in [6, 6.07) is 12.0. The summed E-state index contributed by atoms with van der Waals surface area (Å²) < 4.78 is 39.5. The van der Waals surface area contributed by atoms with Crippen LogP contribution >= 0.6 is 11.3 Å². The molecule has 4 aromatic rings. The molecule has 0 unspecified atom stereocenters. The number of carbonyl (C=O) groups excluding carboxylic acids is 2. The summed E-state index contributed by atoms with van der Waals surface area (Å²) in [5, 5.41) is 4.35. The Bertz CT molecular complexity index is 1370. The molecule has 12 heteroatoms. The van der Waals surface area contributed by atoms with Gasteiger partial charge in [0.05, 0.1) is 5.51 Å². The number of nitrogens with zero attached hydrogens (tertiary/aromatic N) is 3. The molecule has 0 aliphatic heterocycles. The molecule has 2 aromatic heterocycles. The van der Waals surface area contributed by atoms with Crippen LogP contribution in [0, 0.1) is 6.92 Å². The van der Waals surface area contributed by atoms with Crippen molar-refractivity contribution in [3.8, 4) is 11.5 Å². The number of carbonyl (C=O) groups is 2. The van der Waals surface area contributed by atoms with Gasteiger partial charge in [-0.3, -0.25) is 0 Å². The molecular weight excluding hydrogens is 483 g/mol. The molecule has 2 N–H and O–H groups in total. The molecule has 0 fully saturated rings. The van der Waals surface area contributed by atoms with E-state index < -0.39 is 12.1 Å². The van der Waals surface area contributed by atoms with Gasteiger partial charge in [0.2, 0.25) is 5.52 Å². The fourth-order valence-electron chi connectivity index (χ4n) is 3.47. The zero-order valence-electron chi connectivity index (χ0n) is 18.7. The van der Waals surface area contributed by atoms with Crippen molar-refractivity contribution in [2.45, 2.75) is 26.6 Å². The van der Waals surface area contributed by atoms with E-state index in [1.807, 2.05) is 38.1 Å². The fraction of sp³-hybridized carbons (Fsp3) is 0.217. The molecule has 0 spiro atoms. The number of anilines is 1. The molecule has 182 valence electrons. The van der Waals surface area contributed by atoms with E-state index in [1.165, 1.54) is 22.9 Å². The third kappa shape index (κ3) is 5.43. The summed E-state index contributed by atoms with van der Waals surface area (Å²) >= 11 is 1.23. The van der Waals surface area contributed by atoms with Gasteiger partial charge < -0.3 is 10.2 Å². The Hall–Kier alpha value is -3.93. The molecule has 0 aliphatic carbocycles. The van der Waals surface area contributed by atoms with Crippen LogP contribution < -0.4 is 14.9 Å². The number of imidazole rings is 1. The zero-order valence-corrected chi connectivity index (χ0v) is 19.5. The van der Waals surface area contributed by atoms with Gasteiger partial charge in [0, 0.05) is 30.2 Å². The molecule has 0 bridgehead atoms. The minimum Gasteiger partial charge on any atom is -0.320 e. The summed E-state index contributed by atoms with van der Waals surface area (Å²) in [5.74, 6) is -2.33. The van der Waals surface area contributed by atoms with Gasteiger partial charge in [-0.2, -0.15) is 13.2 Å². The molecule has 2 amide bonds. The number of rotatable bonds is 6. The van der Waals surface area contributed by atoms with Crippen LogP contribution in [-0.4, -0.2) is 39.6 Å². The minimum atomic E-state index is -5.20. The fourth-order valence-corrected chi connectivity index (χ4v) is 4.01. The third-order valence-corrected chi connectivity index (χ3v) is 5.72. The van der Waals surface area contributed by atoms with Crippen LogP contribution in [0.1, 0.15) is 18.1 Å². The number of aryl methyl sites for hydroxylation is 1. The number of aromatic nitrogens is 3. The number of fused-ring (bicyclic) bond motifs is 1. The summed E-state index contributed by atoms with van der Waals surface area (Å²) in [6.07, 6.45) is -5.20. The van der Waals surface area contributed by atoms with Gasteiger partial charge in [0.1, 0.15) is 0 Å².